The summed E-state index contributed by atoms with van der Waals surface area (Å²) < 4.78 is 17.9. The first-order chi connectivity index (χ1) is 15.8. The molecule has 1 aromatic carbocycles. The molecule has 35 heavy (non-hydrogen) atoms. The number of carbonyl (C=O) groups excluding carboxylic acids is 1. The number of nitrogens with zero attached hydrogens (tertiary/aromatic N) is 1. The Hall–Kier alpha value is -1.44. The third kappa shape index (κ3) is 10.2. The van der Waals surface area contributed by atoms with Crippen molar-refractivity contribution in [3.63, 3.8) is 0 Å². The van der Waals surface area contributed by atoms with Crippen molar-refractivity contribution in [2.24, 2.45) is 0 Å². The second-order valence-corrected chi connectivity index (χ2v) is 11.8. The average Bonchev–Trinajstić information content (AvgIpc) is 3.44. The topological polar surface area (TPSA) is 98.5 Å². The molecule has 10 radical (unpaired) electrons. The largest absolute Gasteiger partial charge is 2.00 e. The van der Waals surface area contributed by atoms with E-state index in [0.29, 0.717) is 16.7 Å². The Kier molecular flexibility index (Phi) is 12.4. The average molecular weight is 540 g/mol. The number of alkyl carbamates (subject to hydrolysis) is 1. The zero-order valence-electron chi connectivity index (χ0n) is 20.8. The SMILES string of the molecule is CC(C)(C)OC(=O)N[C@H]([C]1[CH][CH][CH][C]1[S@@](=O)C(C)(C)C)c1ccc([N+](=O)[O-])cc1.[CH]1[CH][CH][CH][CH]1.[Fe+2]. The third-order valence-corrected chi connectivity index (χ3v) is 6.41. The van der Waals surface area contributed by atoms with E-state index in [1.807, 2.05) is 52.9 Å². The van der Waals surface area contributed by atoms with Crippen molar-refractivity contribution in [2.75, 3.05) is 0 Å². The Morgan fingerprint density at radius 1 is 0.943 bits per heavy atom. The molecule has 9 heteroatoms. The number of nitro groups is 1. The van der Waals surface area contributed by atoms with E-state index in [9.17, 15) is 19.1 Å². The fourth-order valence-corrected chi connectivity index (χ4v) is 4.29. The predicted molar refractivity (Wildman–Crippen MR) is 134 cm³/mol. The van der Waals surface area contributed by atoms with Crippen LogP contribution in [0.2, 0.25) is 0 Å². The summed E-state index contributed by atoms with van der Waals surface area (Å²) in [6.45, 7) is 10.9. The Morgan fingerprint density at radius 3 is 1.89 bits per heavy atom. The van der Waals surface area contributed by atoms with E-state index in [2.05, 4.69) is 5.32 Å². The van der Waals surface area contributed by atoms with E-state index in [1.165, 1.54) is 12.1 Å². The minimum atomic E-state index is -1.32. The molecule has 188 valence electrons. The van der Waals surface area contributed by atoms with Gasteiger partial charge in [-0.1, -0.05) is 12.1 Å². The van der Waals surface area contributed by atoms with Gasteiger partial charge >= 0.3 is 23.2 Å². The Morgan fingerprint density at radius 2 is 1.46 bits per heavy atom. The van der Waals surface area contributed by atoms with Gasteiger partial charge in [0, 0.05) is 33.6 Å². The third-order valence-electron chi connectivity index (χ3n) is 4.53. The molecule has 7 nitrogen and oxygen atoms in total. The Balaban J connectivity index is 0.000000904. The van der Waals surface area contributed by atoms with Gasteiger partial charge in [0.2, 0.25) is 0 Å². The number of nitrogens with one attached hydrogen (secondary N) is 1. The van der Waals surface area contributed by atoms with Gasteiger partial charge in [-0.05, 0) is 98.5 Å². The van der Waals surface area contributed by atoms with Crippen LogP contribution in [-0.2, 0) is 32.6 Å². The van der Waals surface area contributed by atoms with E-state index in [1.54, 1.807) is 52.2 Å². The van der Waals surface area contributed by atoms with Gasteiger partial charge in [0.25, 0.3) is 5.69 Å². The van der Waals surface area contributed by atoms with Crippen molar-refractivity contribution < 1.29 is 35.7 Å². The fraction of sp³-hybridized carbons (Fsp3) is 0.346. The van der Waals surface area contributed by atoms with E-state index in [4.69, 9.17) is 4.74 Å². The van der Waals surface area contributed by atoms with Gasteiger partial charge in [0.15, 0.2) is 0 Å². The number of benzene rings is 1. The molecule has 2 saturated carbocycles. The second-order valence-electron chi connectivity index (χ2n) is 9.62. The second kappa shape index (κ2) is 13.8. The van der Waals surface area contributed by atoms with Gasteiger partial charge in [-0.3, -0.25) is 14.3 Å². The van der Waals surface area contributed by atoms with Crippen LogP contribution in [0.15, 0.2) is 24.3 Å². The van der Waals surface area contributed by atoms with Crippen LogP contribution >= 0.6 is 0 Å². The summed E-state index contributed by atoms with van der Waals surface area (Å²) in [5.41, 5.74) is -0.113. The molecule has 2 atom stereocenters. The molecule has 2 fully saturated rings. The van der Waals surface area contributed by atoms with Crippen LogP contribution in [0.5, 0.6) is 0 Å². The van der Waals surface area contributed by atoms with Crippen LogP contribution in [0.3, 0.4) is 0 Å². The first-order valence-electron chi connectivity index (χ1n) is 10.9. The smallest absolute Gasteiger partial charge is 0.444 e. The first kappa shape index (κ1) is 31.6. The van der Waals surface area contributed by atoms with Crippen molar-refractivity contribution in [2.45, 2.75) is 57.9 Å². The molecular weight excluding hydrogens is 508 g/mol. The maximum Gasteiger partial charge on any atom is 2.00 e. The van der Waals surface area contributed by atoms with E-state index < -0.39 is 38.2 Å². The van der Waals surface area contributed by atoms with Crippen LogP contribution in [0, 0.1) is 72.6 Å². The number of amides is 1. The van der Waals surface area contributed by atoms with Gasteiger partial charge in [-0.2, -0.15) is 0 Å². The number of ether oxygens (including phenoxy) is 1. The summed E-state index contributed by atoms with van der Waals surface area (Å²) >= 11 is 0. The van der Waals surface area contributed by atoms with Gasteiger partial charge in [-0.15, -0.1) is 0 Å². The summed E-state index contributed by atoms with van der Waals surface area (Å²) in [6, 6.07) is 5.25. The molecule has 3 rings (SSSR count). The fourth-order valence-electron chi connectivity index (χ4n) is 3.03. The van der Waals surface area contributed by atoms with Gasteiger partial charge < -0.3 is 10.1 Å². The minimum Gasteiger partial charge on any atom is -0.444 e. The molecule has 0 aliphatic heterocycles. The molecule has 1 aromatic rings. The maximum absolute atomic E-state index is 13.0. The van der Waals surface area contributed by atoms with Crippen LogP contribution in [0.1, 0.15) is 53.1 Å². The first-order valence-corrected chi connectivity index (χ1v) is 12.0. The summed E-state index contributed by atoms with van der Waals surface area (Å²) in [5.74, 6) is 0.665. The van der Waals surface area contributed by atoms with Crippen LogP contribution in [-0.4, -0.2) is 25.6 Å². The molecule has 0 saturated heterocycles. The number of carbonyl (C=O) groups is 1. The molecule has 2 aliphatic rings. The molecular formula is C26H32FeN2O5S+2. The molecule has 0 unspecified atom stereocenters. The summed E-state index contributed by atoms with van der Waals surface area (Å²) in [4.78, 5) is 23.0. The molecule has 0 aromatic heterocycles. The van der Waals surface area contributed by atoms with Crippen LogP contribution in [0.25, 0.3) is 0 Å². The van der Waals surface area contributed by atoms with Gasteiger partial charge in [0.1, 0.15) is 5.60 Å². The quantitative estimate of drug-likeness (QED) is 0.304. The Bertz CT molecular complexity index is 837. The summed E-state index contributed by atoms with van der Waals surface area (Å²) in [7, 11) is -1.32. The predicted octanol–water partition coefficient (Wildman–Crippen LogP) is 5.46. The molecule has 0 bridgehead atoms. The maximum atomic E-state index is 13.0. The zero-order valence-corrected chi connectivity index (χ0v) is 22.7. The van der Waals surface area contributed by atoms with E-state index in [-0.39, 0.29) is 22.8 Å². The van der Waals surface area contributed by atoms with E-state index >= 15 is 0 Å². The molecule has 2 aliphatic carbocycles. The standard InChI is InChI=1S/C21H27N2O5S.C5H5.Fe/c1-20(2,3)28-19(24)22-18(14-10-12-15(13-11-14)23(25)26)16-8-7-9-17(16)29(27)21(4,5)6;1-2-4-5-3-1;/h7-13,18H,1-6H3,(H,22,24);1-5H;/q;;+2/t18-,29+;;/m0../s1. The molecule has 1 amide bonds. The van der Waals surface area contributed by atoms with Crippen molar-refractivity contribution >= 4 is 22.6 Å². The number of hydrogen-bond acceptors (Lipinski definition) is 5. The minimum absolute atomic E-state index is 0. The van der Waals surface area contributed by atoms with Crippen molar-refractivity contribution in [1.82, 2.24) is 5.32 Å². The van der Waals surface area contributed by atoms with Gasteiger partial charge in [0.05, 0.1) is 16.2 Å². The zero-order chi connectivity index (χ0) is 25.5. The van der Waals surface area contributed by atoms with E-state index in [0.717, 1.165) is 0 Å². The Labute approximate surface area is 223 Å². The number of non-ortho nitro benzene ring substituents is 1. The normalized spacial score (nSPS) is 18.6. The van der Waals surface area contributed by atoms with Crippen molar-refractivity contribution in [1.29, 1.82) is 0 Å². The molecule has 0 spiro atoms. The summed E-state index contributed by atoms with van der Waals surface area (Å²) in [6.07, 6.45) is 14.7. The summed E-state index contributed by atoms with van der Waals surface area (Å²) in [5, 5.41) is 14.4. The molecule has 1 N–H and O–H groups in total. The number of hydrogen-bond donors (Lipinski definition) is 1. The van der Waals surface area contributed by atoms with Crippen molar-refractivity contribution in [3.8, 4) is 0 Å². The number of rotatable bonds is 5. The number of nitro benzene ring substituents is 1. The van der Waals surface area contributed by atoms with Crippen LogP contribution in [0.4, 0.5) is 10.5 Å². The monoisotopic (exact) mass is 540 g/mol. The van der Waals surface area contributed by atoms with Gasteiger partial charge in [-0.25, -0.2) is 4.79 Å². The van der Waals surface area contributed by atoms with Crippen molar-refractivity contribution in [3.05, 3.63) is 102 Å². The van der Waals surface area contributed by atoms with Crippen LogP contribution < -0.4 is 5.32 Å². The molecule has 0 heterocycles.